The van der Waals surface area contributed by atoms with Gasteiger partial charge >= 0.3 is 0 Å². The van der Waals surface area contributed by atoms with Crippen LogP contribution in [0.25, 0.3) is 0 Å². The Morgan fingerprint density at radius 2 is 2.25 bits per heavy atom. The van der Waals surface area contributed by atoms with Crippen LogP contribution < -0.4 is 0 Å². The second kappa shape index (κ2) is 6.26. The van der Waals surface area contributed by atoms with Crippen LogP contribution in [0, 0.1) is 0 Å². The Bertz CT molecular complexity index is 103. The highest BCUT2D eigenvalue weighted by Crippen LogP contribution is 1.85. The summed E-state index contributed by atoms with van der Waals surface area (Å²) in [5.74, 6) is 0. The summed E-state index contributed by atoms with van der Waals surface area (Å²) in [5, 5.41) is 0. The van der Waals surface area contributed by atoms with E-state index in [0.29, 0.717) is 0 Å². The molecule has 8 heavy (non-hydrogen) atoms. The Labute approximate surface area is 51.2 Å². The summed E-state index contributed by atoms with van der Waals surface area (Å²) in [5.41, 5.74) is 2.70. The van der Waals surface area contributed by atoms with E-state index in [1.807, 2.05) is 6.08 Å². The van der Waals surface area contributed by atoms with Crippen molar-refractivity contribution < 1.29 is 0 Å². The van der Waals surface area contributed by atoms with Crippen LogP contribution in [0.2, 0.25) is 0 Å². The van der Waals surface area contributed by atoms with Gasteiger partial charge in [-0.2, -0.15) is 0 Å². The fraction of sp³-hybridized carbons (Fsp3) is 0.375. The second-order valence-electron chi connectivity index (χ2n) is 1.52. The third-order valence-corrected chi connectivity index (χ3v) is 0.801. The lowest BCUT2D eigenvalue weighted by atomic mass is 10.3. The Kier molecular flexibility index (Phi) is 5.68. The van der Waals surface area contributed by atoms with Crippen molar-refractivity contribution in [2.24, 2.45) is 0 Å². The molecule has 0 rings (SSSR count). The predicted octanol–water partition coefficient (Wildman–Crippen LogP) is 2.68. The number of hydrogen-bond acceptors (Lipinski definition) is 0. The minimum Gasteiger partial charge on any atom is -0.133 e. The molecule has 0 bridgehead atoms. The Hall–Kier alpha value is -0.740. The highest BCUT2D eigenvalue weighted by molar-refractivity contribution is 4.89. The van der Waals surface area contributed by atoms with Gasteiger partial charge < -0.3 is 0 Å². The van der Waals surface area contributed by atoms with E-state index in [-0.39, 0.29) is 0 Å². The van der Waals surface area contributed by atoms with E-state index in [1.165, 1.54) is 0 Å². The van der Waals surface area contributed by atoms with Crippen molar-refractivity contribution in [3.05, 3.63) is 30.5 Å². The molecule has 0 unspecified atom stereocenters. The normalized spacial score (nSPS) is 9.12. The van der Waals surface area contributed by atoms with Crippen LogP contribution in [-0.2, 0) is 0 Å². The van der Waals surface area contributed by atoms with Gasteiger partial charge in [-0.25, -0.2) is 0 Å². The molecule has 0 aromatic heterocycles. The van der Waals surface area contributed by atoms with Crippen molar-refractivity contribution in [3.63, 3.8) is 0 Å². The largest absolute Gasteiger partial charge is 0.133 e. The standard InChI is InChI=1S/C8H12/c1-3-5-7-8-6-4-2/h5-6,8H,1,4,7H2,2H3. The first-order valence-electron chi connectivity index (χ1n) is 2.91. The highest BCUT2D eigenvalue weighted by atomic mass is 13.7. The third-order valence-electron chi connectivity index (χ3n) is 0.801. The molecular weight excluding hydrogens is 96.1 g/mol. The van der Waals surface area contributed by atoms with Crippen molar-refractivity contribution in [1.29, 1.82) is 0 Å². The molecule has 0 heteroatoms. The van der Waals surface area contributed by atoms with Gasteiger partial charge in [-0.3, -0.25) is 0 Å². The zero-order valence-corrected chi connectivity index (χ0v) is 5.35. The van der Waals surface area contributed by atoms with Crippen LogP contribution in [0.5, 0.6) is 0 Å². The fourth-order valence-electron chi connectivity index (χ4n) is 0.414. The van der Waals surface area contributed by atoms with Gasteiger partial charge in [-0.1, -0.05) is 25.7 Å². The lowest BCUT2D eigenvalue weighted by Crippen LogP contribution is -1.54. The van der Waals surface area contributed by atoms with Crippen molar-refractivity contribution in [2.45, 2.75) is 19.8 Å². The highest BCUT2D eigenvalue weighted by Gasteiger charge is 1.64. The molecule has 0 atom stereocenters. The topological polar surface area (TPSA) is 0 Å². The first kappa shape index (κ1) is 7.26. The molecule has 0 amide bonds. The number of rotatable bonds is 3. The van der Waals surface area contributed by atoms with E-state index in [2.05, 4.69) is 31.4 Å². The molecule has 44 valence electrons. The van der Waals surface area contributed by atoms with Crippen LogP contribution in [0.15, 0.2) is 30.5 Å². The molecule has 0 fully saturated rings. The lowest BCUT2D eigenvalue weighted by molar-refractivity contribution is 1.20. The molecule has 0 aliphatic heterocycles. The van der Waals surface area contributed by atoms with Gasteiger partial charge in [0, 0.05) is 0 Å². The van der Waals surface area contributed by atoms with Crippen LogP contribution >= 0.6 is 0 Å². The van der Waals surface area contributed by atoms with E-state index in [4.69, 9.17) is 0 Å². The molecule has 0 saturated heterocycles. The molecule has 0 nitrogen and oxygen atoms in total. The molecule has 0 heterocycles. The average Bonchev–Trinajstić information content (AvgIpc) is 1.81. The summed E-state index contributed by atoms with van der Waals surface area (Å²) in [4.78, 5) is 0. The van der Waals surface area contributed by atoms with Crippen molar-refractivity contribution in [3.8, 4) is 0 Å². The molecule has 0 radical (unpaired) electrons. The summed E-state index contributed by atoms with van der Waals surface area (Å²) in [6, 6.07) is 0. The predicted molar refractivity (Wildman–Crippen MR) is 37.8 cm³/mol. The van der Waals surface area contributed by atoms with Crippen molar-refractivity contribution >= 4 is 0 Å². The van der Waals surface area contributed by atoms with Gasteiger partial charge in [0.25, 0.3) is 0 Å². The van der Waals surface area contributed by atoms with Crippen molar-refractivity contribution in [2.75, 3.05) is 0 Å². The third kappa shape index (κ3) is 5.26. The monoisotopic (exact) mass is 108 g/mol. The Morgan fingerprint density at radius 3 is 2.75 bits per heavy atom. The van der Waals surface area contributed by atoms with Gasteiger partial charge in [0.15, 0.2) is 0 Å². The maximum Gasteiger partial charge on any atom is -0.00932 e. The maximum atomic E-state index is 3.44. The summed E-state index contributed by atoms with van der Waals surface area (Å²) in [7, 11) is 0. The zero-order chi connectivity index (χ0) is 6.24. The molecule has 0 aromatic rings. The zero-order valence-electron chi connectivity index (χ0n) is 5.35. The first-order valence-corrected chi connectivity index (χ1v) is 2.91. The minimum absolute atomic E-state index is 0.970. The van der Waals surface area contributed by atoms with Gasteiger partial charge in [0.05, 0.1) is 0 Å². The molecule has 0 aromatic carbocycles. The average molecular weight is 108 g/mol. The lowest BCUT2D eigenvalue weighted by Gasteiger charge is -1.75. The summed E-state index contributed by atoms with van der Waals surface area (Å²) < 4.78 is 0. The van der Waals surface area contributed by atoms with E-state index in [0.717, 1.165) is 12.8 Å². The first-order chi connectivity index (χ1) is 3.91. The molecular formula is C8H12. The summed E-state index contributed by atoms with van der Waals surface area (Å²) in [6.45, 7) is 5.56. The van der Waals surface area contributed by atoms with Gasteiger partial charge in [0.1, 0.15) is 0 Å². The van der Waals surface area contributed by atoms with E-state index in [9.17, 15) is 0 Å². The van der Waals surface area contributed by atoms with Crippen molar-refractivity contribution in [1.82, 2.24) is 0 Å². The smallest absolute Gasteiger partial charge is 0.00932 e. The molecule has 0 spiro atoms. The quantitative estimate of drug-likeness (QED) is 0.385. The number of allylic oxidation sites excluding steroid dienone is 3. The molecule has 0 aliphatic carbocycles. The van der Waals surface area contributed by atoms with Crippen LogP contribution in [0.1, 0.15) is 19.8 Å². The summed E-state index contributed by atoms with van der Waals surface area (Å²) in [6.07, 6.45) is 8.24. The Balaban J connectivity index is 3.15. The Morgan fingerprint density at radius 1 is 1.50 bits per heavy atom. The van der Waals surface area contributed by atoms with Gasteiger partial charge in [-0.15, -0.1) is 5.73 Å². The van der Waals surface area contributed by atoms with Gasteiger partial charge in [-0.05, 0) is 18.9 Å². The molecule has 0 saturated carbocycles. The minimum atomic E-state index is 0.970. The van der Waals surface area contributed by atoms with E-state index in [1.54, 1.807) is 0 Å². The fourth-order valence-corrected chi connectivity index (χ4v) is 0.414. The summed E-state index contributed by atoms with van der Waals surface area (Å²) >= 11 is 0. The molecule has 0 aliphatic rings. The van der Waals surface area contributed by atoms with Crippen LogP contribution in [0.4, 0.5) is 0 Å². The van der Waals surface area contributed by atoms with Crippen LogP contribution in [0.3, 0.4) is 0 Å². The van der Waals surface area contributed by atoms with E-state index < -0.39 is 0 Å². The molecule has 0 N–H and O–H groups in total. The maximum absolute atomic E-state index is 3.44. The van der Waals surface area contributed by atoms with Gasteiger partial charge in [0.2, 0.25) is 0 Å². The SMILES string of the molecule is C=C=CCC=CCC. The number of hydrogen-bond donors (Lipinski definition) is 0. The van der Waals surface area contributed by atoms with E-state index >= 15 is 0 Å². The second-order valence-corrected chi connectivity index (χ2v) is 1.52. The van der Waals surface area contributed by atoms with Crippen LogP contribution in [-0.4, -0.2) is 0 Å².